The molecule has 1 saturated carbocycles. The lowest BCUT2D eigenvalue weighted by Crippen LogP contribution is -2.43. The number of H-pyrrole nitrogens is 1. The smallest absolute Gasteiger partial charge is 0.237 e. The fraction of sp³-hybridized carbons (Fsp3) is 0.526. The lowest BCUT2D eigenvalue weighted by Gasteiger charge is -2.24. The molecule has 2 heterocycles. The first-order chi connectivity index (χ1) is 12.7. The normalized spacial score (nSPS) is 24.0. The van der Waals surface area contributed by atoms with Crippen LogP contribution in [0.2, 0.25) is 0 Å². The molecule has 2 aliphatic rings. The molecule has 3 N–H and O–H groups in total. The van der Waals surface area contributed by atoms with Crippen LogP contribution in [0.3, 0.4) is 0 Å². The van der Waals surface area contributed by atoms with Crippen molar-refractivity contribution in [2.45, 2.75) is 50.7 Å². The first-order valence-corrected chi connectivity index (χ1v) is 9.32. The molecule has 4 rings (SSSR count). The van der Waals surface area contributed by atoms with Gasteiger partial charge in [0.25, 0.3) is 0 Å². The maximum atomic E-state index is 12.5. The van der Waals surface area contributed by atoms with Crippen molar-refractivity contribution >= 4 is 18.3 Å². The fourth-order valence-corrected chi connectivity index (χ4v) is 4.06. The van der Waals surface area contributed by atoms with Gasteiger partial charge in [-0.3, -0.25) is 9.89 Å². The molecule has 1 aliphatic carbocycles. The van der Waals surface area contributed by atoms with E-state index < -0.39 is 0 Å². The van der Waals surface area contributed by atoms with Gasteiger partial charge in [-0.2, -0.15) is 5.10 Å². The Balaban J connectivity index is 0.00000210. The highest BCUT2D eigenvalue weighted by Gasteiger charge is 2.38. The average molecular weight is 392 g/mol. The van der Waals surface area contributed by atoms with Gasteiger partial charge in [0.05, 0.1) is 19.7 Å². The van der Waals surface area contributed by atoms with Crippen LogP contribution in [0.1, 0.15) is 37.9 Å². The number of aromatic amines is 1. The number of hydrogen-bond donors (Lipinski definition) is 3. The lowest BCUT2D eigenvalue weighted by molar-refractivity contribution is -0.123. The van der Waals surface area contributed by atoms with Gasteiger partial charge in [-0.15, -0.1) is 12.4 Å². The molecule has 1 aromatic carbocycles. The summed E-state index contributed by atoms with van der Waals surface area (Å²) in [6.07, 6.45) is 5.96. The molecule has 1 aliphatic heterocycles. The van der Waals surface area contributed by atoms with Crippen molar-refractivity contribution in [3.63, 3.8) is 0 Å². The number of aromatic nitrogens is 3. The number of methoxy groups -OCH3 is 1. The minimum Gasteiger partial charge on any atom is -0.497 e. The molecule has 0 radical (unpaired) electrons. The third-order valence-electron chi connectivity index (χ3n) is 5.49. The number of carbonyl (C=O) groups is 1. The highest BCUT2D eigenvalue weighted by atomic mass is 35.5. The van der Waals surface area contributed by atoms with E-state index in [0.29, 0.717) is 30.2 Å². The highest BCUT2D eigenvalue weighted by molar-refractivity contribution is 5.85. The van der Waals surface area contributed by atoms with Gasteiger partial charge in [-0.05, 0) is 49.4 Å². The maximum Gasteiger partial charge on any atom is 0.237 e. The van der Waals surface area contributed by atoms with E-state index in [4.69, 9.17) is 4.74 Å². The second-order valence-electron chi connectivity index (χ2n) is 7.16. The van der Waals surface area contributed by atoms with E-state index in [0.717, 1.165) is 17.7 Å². The summed E-state index contributed by atoms with van der Waals surface area (Å²) in [7, 11) is 1.64. The van der Waals surface area contributed by atoms with Crippen molar-refractivity contribution in [3.8, 4) is 17.1 Å². The van der Waals surface area contributed by atoms with Gasteiger partial charge in [0.2, 0.25) is 5.91 Å². The zero-order chi connectivity index (χ0) is 17.9. The van der Waals surface area contributed by atoms with Gasteiger partial charge >= 0.3 is 0 Å². The molecular formula is C19H26ClN5O2. The fourth-order valence-electron chi connectivity index (χ4n) is 4.06. The summed E-state index contributed by atoms with van der Waals surface area (Å²) >= 11 is 0. The number of rotatable bonds is 5. The molecule has 146 valence electrons. The summed E-state index contributed by atoms with van der Waals surface area (Å²) < 4.78 is 5.16. The Morgan fingerprint density at radius 3 is 2.78 bits per heavy atom. The average Bonchev–Trinajstić information content (AvgIpc) is 3.33. The molecule has 2 aromatic rings. The number of amides is 1. The summed E-state index contributed by atoms with van der Waals surface area (Å²) in [4.78, 5) is 16.9. The minimum atomic E-state index is -0.0768. The quantitative estimate of drug-likeness (QED) is 0.728. The number of fused-ring (bicyclic) bond motifs is 1. The monoisotopic (exact) mass is 391 g/mol. The van der Waals surface area contributed by atoms with Gasteiger partial charge in [-0.1, -0.05) is 12.8 Å². The molecule has 3 atom stereocenters. The first kappa shape index (κ1) is 19.6. The van der Waals surface area contributed by atoms with Crippen LogP contribution >= 0.6 is 12.4 Å². The zero-order valence-corrected chi connectivity index (χ0v) is 16.2. The Bertz CT molecular complexity index is 750. The van der Waals surface area contributed by atoms with Crippen molar-refractivity contribution in [1.29, 1.82) is 0 Å². The van der Waals surface area contributed by atoms with Gasteiger partial charge < -0.3 is 15.4 Å². The van der Waals surface area contributed by atoms with E-state index in [2.05, 4.69) is 25.8 Å². The van der Waals surface area contributed by atoms with Gasteiger partial charge in [0.15, 0.2) is 5.82 Å². The summed E-state index contributed by atoms with van der Waals surface area (Å²) in [5.74, 6) is 2.77. The van der Waals surface area contributed by atoms with Crippen LogP contribution in [-0.4, -0.2) is 40.3 Å². The summed E-state index contributed by atoms with van der Waals surface area (Å²) in [6.45, 7) is 0.357. The number of hydrogen-bond acceptors (Lipinski definition) is 5. The minimum absolute atomic E-state index is 0. The Morgan fingerprint density at radius 2 is 2.04 bits per heavy atom. The van der Waals surface area contributed by atoms with Crippen molar-refractivity contribution in [2.75, 3.05) is 7.11 Å². The topological polar surface area (TPSA) is 91.9 Å². The zero-order valence-electron chi connectivity index (χ0n) is 15.4. The number of carbonyl (C=O) groups excluding carboxylic acids is 1. The Labute approximate surface area is 165 Å². The number of nitrogens with zero attached hydrogens (tertiary/aromatic N) is 2. The number of halogens is 1. The van der Waals surface area contributed by atoms with E-state index >= 15 is 0 Å². The van der Waals surface area contributed by atoms with E-state index in [1.165, 1.54) is 25.7 Å². The van der Waals surface area contributed by atoms with Crippen molar-refractivity contribution < 1.29 is 9.53 Å². The number of nitrogens with one attached hydrogen (secondary N) is 3. The van der Waals surface area contributed by atoms with E-state index in [-0.39, 0.29) is 24.4 Å². The van der Waals surface area contributed by atoms with Gasteiger partial charge in [0, 0.05) is 11.6 Å². The second kappa shape index (κ2) is 8.71. The molecule has 27 heavy (non-hydrogen) atoms. The predicted octanol–water partition coefficient (Wildman–Crippen LogP) is 2.44. The van der Waals surface area contributed by atoms with E-state index in [1.807, 2.05) is 24.3 Å². The van der Waals surface area contributed by atoms with Crippen LogP contribution in [-0.2, 0) is 11.3 Å². The lowest BCUT2D eigenvalue weighted by atomic mass is 9.85. The van der Waals surface area contributed by atoms with E-state index in [1.54, 1.807) is 7.11 Å². The Kier molecular flexibility index (Phi) is 6.34. The SMILES string of the molecule is COc1ccc(-c2n[nH]c(CNC(=O)C3CC4CCCCC4N3)n2)cc1.Cl. The summed E-state index contributed by atoms with van der Waals surface area (Å²) in [6, 6.07) is 8.01. The second-order valence-corrected chi connectivity index (χ2v) is 7.16. The molecule has 0 bridgehead atoms. The standard InChI is InChI=1S/C19H25N5O2.ClH/c1-26-14-8-6-12(7-9-14)18-22-17(23-24-18)11-20-19(25)16-10-13-4-2-3-5-15(13)21-16;/h6-9,13,15-16,21H,2-5,10-11H2,1H3,(H,20,25)(H,22,23,24);1H. The molecule has 1 aromatic heterocycles. The summed E-state index contributed by atoms with van der Waals surface area (Å²) in [5, 5.41) is 13.6. The van der Waals surface area contributed by atoms with Crippen molar-refractivity contribution in [2.24, 2.45) is 5.92 Å². The molecule has 1 amide bonds. The van der Waals surface area contributed by atoms with Crippen molar-refractivity contribution in [1.82, 2.24) is 25.8 Å². The van der Waals surface area contributed by atoms with E-state index in [9.17, 15) is 4.79 Å². The third-order valence-corrected chi connectivity index (χ3v) is 5.49. The van der Waals surface area contributed by atoms with Crippen LogP contribution in [0, 0.1) is 5.92 Å². The largest absolute Gasteiger partial charge is 0.497 e. The van der Waals surface area contributed by atoms with Gasteiger partial charge in [-0.25, -0.2) is 4.98 Å². The van der Waals surface area contributed by atoms with Crippen LogP contribution in [0.15, 0.2) is 24.3 Å². The number of benzene rings is 1. The predicted molar refractivity (Wildman–Crippen MR) is 105 cm³/mol. The Morgan fingerprint density at radius 1 is 1.26 bits per heavy atom. The number of ether oxygens (including phenoxy) is 1. The molecule has 3 unspecified atom stereocenters. The molecular weight excluding hydrogens is 366 g/mol. The maximum absolute atomic E-state index is 12.5. The summed E-state index contributed by atoms with van der Waals surface area (Å²) in [5.41, 5.74) is 0.904. The van der Waals surface area contributed by atoms with Crippen molar-refractivity contribution in [3.05, 3.63) is 30.1 Å². The third kappa shape index (κ3) is 4.42. The van der Waals surface area contributed by atoms with Crippen LogP contribution in [0.4, 0.5) is 0 Å². The molecule has 2 fully saturated rings. The molecule has 7 nitrogen and oxygen atoms in total. The van der Waals surface area contributed by atoms with Crippen LogP contribution in [0.25, 0.3) is 11.4 Å². The molecule has 8 heteroatoms. The molecule has 1 saturated heterocycles. The van der Waals surface area contributed by atoms with Gasteiger partial charge in [0.1, 0.15) is 11.6 Å². The first-order valence-electron chi connectivity index (χ1n) is 9.32. The van der Waals surface area contributed by atoms with Crippen LogP contribution in [0.5, 0.6) is 5.75 Å². The molecule has 0 spiro atoms. The highest BCUT2D eigenvalue weighted by Crippen LogP contribution is 2.33. The van der Waals surface area contributed by atoms with Crippen LogP contribution < -0.4 is 15.4 Å². The Hall–Kier alpha value is -2.12.